The van der Waals surface area contributed by atoms with E-state index in [-0.39, 0.29) is 29.1 Å². The van der Waals surface area contributed by atoms with E-state index >= 15 is 0 Å². The van der Waals surface area contributed by atoms with Gasteiger partial charge in [0.1, 0.15) is 5.82 Å². The standard InChI is InChI=1S/C27H24FN3O5/c1-2-36-27(35)22-20(13-6-16-4-11-19(28)12-5-16)29-24-23(25(32)31-15-3-14-30(24)31)21(22)17-7-9-18(10-8-17)26(33)34/h4-5,7-12H,2-3,6,13-15H2,1H3,(H,33,34). The quantitative estimate of drug-likeness (QED) is 0.393. The summed E-state index contributed by atoms with van der Waals surface area (Å²) in [4.78, 5) is 43.0. The lowest BCUT2D eigenvalue weighted by Gasteiger charge is -2.15. The van der Waals surface area contributed by atoms with E-state index in [1.165, 1.54) is 24.3 Å². The van der Waals surface area contributed by atoms with E-state index in [9.17, 15) is 23.9 Å². The minimum Gasteiger partial charge on any atom is -0.478 e. The van der Waals surface area contributed by atoms with Gasteiger partial charge in [0.05, 0.1) is 28.8 Å². The van der Waals surface area contributed by atoms with Crippen LogP contribution in [0.3, 0.4) is 0 Å². The summed E-state index contributed by atoms with van der Waals surface area (Å²) in [5.41, 5.74) is 2.78. The maximum atomic E-state index is 13.5. The van der Waals surface area contributed by atoms with Crippen molar-refractivity contribution in [2.75, 3.05) is 6.61 Å². The Hall–Kier alpha value is -4.27. The number of aryl methyl sites for hydroxylation is 3. The summed E-state index contributed by atoms with van der Waals surface area (Å²) in [5, 5.41) is 9.64. The predicted octanol–water partition coefficient (Wildman–Crippen LogP) is 4.07. The molecule has 4 aromatic rings. The molecule has 0 spiro atoms. The topological polar surface area (TPSA) is 103 Å². The normalized spacial score (nSPS) is 12.6. The lowest BCUT2D eigenvalue weighted by molar-refractivity contribution is 0.0525. The summed E-state index contributed by atoms with van der Waals surface area (Å²) in [6.45, 7) is 3.01. The maximum absolute atomic E-state index is 13.5. The molecule has 2 aromatic carbocycles. The molecule has 0 aliphatic carbocycles. The zero-order valence-electron chi connectivity index (χ0n) is 19.7. The Morgan fingerprint density at radius 2 is 1.72 bits per heavy atom. The van der Waals surface area contributed by atoms with Crippen molar-refractivity contribution in [2.24, 2.45) is 0 Å². The molecule has 8 nitrogen and oxygen atoms in total. The number of rotatable bonds is 7. The molecule has 1 aliphatic rings. The third kappa shape index (κ3) is 4.06. The number of carbonyl (C=O) groups is 2. The van der Waals surface area contributed by atoms with Crippen molar-refractivity contribution in [3.05, 3.63) is 87.1 Å². The van der Waals surface area contributed by atoms with Gasteiger partial charge in [0.15, 0.2) is 5.65 Å². The fourth-order valence-corrected chi connectivity index (χ4v) is 4.77. The Labute approximate surface area is 205 Å². The molecule has 0 saturated carbocycles. The van der Waals surface area contributed by atoms with Crippen molar-refractivity contribution in [3.63, 3.8) is 0 Å². The molecule has 184 valence electrons. The first-order valence-corrected chi connectivity index (χ1v) is 11.8. The van der Waals surface area contributed by atoms with Gasteiger partial charge in [-0.2, -0.15) is 0 Å². The number of carbonyl (C=O) groups excluding carboxylic acids is 1. The number of nitrogens with zero attached hydrogens (tertiary/aromatic N) is 3. The van der Waals surface area contributed by atoms with E-state index in [4.69, 9.17) is 9.72 Å². The molecule has 9 heteroatoms. The summed E-state index contributed by atoms with van der Waals surface area (Å²) in [6, 6.07) is 12.2. The number of carboxylic acids is 1. The largest absolute Gasteiger partial charge is 0.478 e. The summed E-state index contributed by atoms with van der Waals surface area (Å²) in [7, 11) is 0. The summed E-state index contributed by atoms with van der Waals surface area (Å²) in [5.74, 6) is -2.01. The predicted molar refractivity (Wildman–Crippen MR) is 131 cm³/mol. The highest BCUT2D eigenvalue weighted by atomic mass is 19.1. The van der Waals surface area contributed by atoms with Gasteiger partial charge in [0.25, 0.3) is 5.56 Å². The molecule has 1 N–H and O–H groups in total. The van der Waals surface area contributed by atoms with Crippen LogP contribution in [0.5, 0.6) is 0 Å². The minimum atomic E-state index is -1.07. The maximum Gasteiger partial charge on any atom is 0.340 e. The van der Waals surface area contributed by atoms with Crippen molar-refractivity contribution in [1.29, 1.82) is 0 Å². The van der Waals surface area contributed by atoms with Crippen LogP contribution in [-0.2, 0) is 30.7 Å². The number of hydrogen-bond acceptors (Lipinski definition) is 5. The fourth-order valence-electron chi connectivity index (χ4n) is 4.77. The van der Waals surface area contributed by atoms with Crippen LogP contribution in [-0.4, -0.2) is 38.0 Å². The smallest absolute Gasteiger partial charge is 0.340 e. The van der Waals surface area contributed by atoms with E-state index in [0.29, 0.717) is 53.8 Å². The molecule has 2 aromatic heterocycles. The number of halogens is 1. The molecule has 5 rings (SSSR count). The highest BCUT2D eigenvalue weighted by Gasteiger charge is 2.29. The van der Waals surface area contributed by atoms with Crippen LogP contribution in [0.4, 0.5) is 4.39 Å². The van der Waals surface area contributed by atoms with Gasteiger partial charge in [-0.25, -0.2) is 23.6 Å². The van der Waals surface area contributed by atoms with Crippen molar-refractivity contribution in [3.8, 4) is 11.1 Å². The second-order valence-corrected chi connectivity index (χ2v) is 8.64. The zero-order chi connectivity index (χ0) is 25.4. The molecule has 0 amide bonds. The van der Waals surface area contributed by atoms with Crippen LogP contribution in [0.1, 0.15) is 45.3 Å². The van der Waals surface area contributed by atoms with Gasteiger partial charge in [-0.05, 0) is 61.6 Å². The summed E-state index contributed by atoms with van der Waals surface area (Å²) >= 11 is 0. The molecule has 1 aliphatic heterocycles. The first-order chi connectivity index (χ1) is 17.4. The number of ether oxygens (including phenoxy) is 1. The highest BCUT2D eigenvalue weighted by molar-refractivity contribution is 6.07. The van der Waals surface area contributed by atoms with E-state index in [0.717, 1.165) is 12.0 Å². The molecule has 0 unspecified atom stereocenters. The number of pyridine rings is 1. The molecule has 0 fully saturated rings. The van der Waals surface area contributed by atoms with Gasteiger partial charge in [0.2, 0.25) is 0 Å². The lowest BCUT2D eigenvalue weighted by Crippen LogP contribution is -2.17. The van der Waals surface area contributed by atoms with Crippen LogP contribution in [0, 0.1) is 5.82 Å². The Morgan fingerprint density at radius 1 is 1.03 bits per heavy atom. The van der Waals surface area contributed by atoms with Crippen LogP contribution in [0.15, 0.2) is 53.3 Å². The second kappa shape index (κ2) is 9.41. The number of aromatic carboxylic acids is 1. The van der Waals surface area contributed by atoms with Crippen molar-refractivity contribution < 1.29 is 23.8 Å². The van der Waals surface area contributed by atoms with E-state index in [1.54, 1.807) is 35.9 Å². The van der Waals surface area contributed by atoms with Crippen molar-refractivity contribution in [1.82, 2.24) is 14.3 Å². The van der Waals surface area contributed by atoms with Crippen LogP contribution >= 0.6 is 0 Å². The third-order valence-electron chi connectivity index (χ3n) is 6.44. The van der Waals surface area contributed by atoms with Gasteiger partial charge in [-0.15, -0.1) is 0 Å². The highest BCUT2D eigenvalue weighted by Crippen LogP contribution is 2.34. The molecule has 0 saturated heterocycles. The Morgan fingerprint density at radius 3 is 2.39 bits per heavy atom. The number of fused-ring (bicyclic) bond motifs is 3. The minimum absolute atomic E-state index is 0.0920. The van der Waals surface area contributed by atoms with E-state index in [1.807, 2.05) is 4.68 Å². The average molecular weight is 490 g/mol. The zero-order valence-corrected chi connectivity index (χ0v) is 19.7. The van der Waals surface area contributed by atoms with Crippen LogP contribution in [0.2, 0.25) is 0 Å². The number of esters is 1. The van der Waals surface area contributed by atoms with Gasteiger partial charge < -0.3 is 9.84 Å². The molecular formula is C27H24FN3O5. The van der Waals surface area contributed by atoms with Crippen molar-refractivity contribution in [2.45, 2.75) is 39.3 Å². The summed E-state index contributed by atoms with van der Waals surface area (Å²) < 4.78 is 22.2. The first kappa shape index (κ1) is 23.5. The molecule has 3 heterocycles. The molecule has 0 atom stereocenters. The van der Waals surface area contributed by atoms with Gasteiger partial charge >= 0.3 is 11.9 Å². The molecule has 36 heavy (non-hydrogen) atoms. The van der Waals surface area contributed by atoms with E-state index in [2.05, 4.69) is 0 Å². The SMILES string of the molecule is CCOC(=O)c1c(CCc2ccc(F)cc2)nc2c(c1-c1ccc(C(=O)O)cc1)c(=O)n1n2CCC1. The third-order valence-corrected chi connectivity index (χ3v) is 6.44. The van der Waals surface area contributed by atoms with Gasteiger partial charge in [0, 0.05) is 18.7 Å². The number of aromatic nitrogens is 3. The Bertz CT molecular complexity index is 1540. The van der Waals surface area contributed by atoms with Gasteiger partial charge in [-0.3, -0.25) is 9.48 Å². The van der Waals surface area contributed by atoms with Crippen molar-refractivity contribution >= 4 is 23.0 Å². The first-order valence-electron chi connectivity index (χ1n) is 11.8. The van der Waals surface area contributed by atoms with E-state index < -0.39 is 11.9 Å². The summed E-state index contributed by atoms with van der Waals surface area (Å²) in [6.07, 6.45) is 1.66. The monoisotopic (exact) mass is 489 g/mol. The van der Waals surface area contributed by atoms with Crippen LogP contribution in [0.25, 0.3) is 22.2 Å². The fraction of sp³-hybridized carbons (Fsp3) is 0.259. The molecule has 0 radical (unpaired) electrons. The number of benzene rings is 2. The lowest BCUT2D eigenvalue weighted by atomic mass is 9.93. The molecule has 0 bridgehead atoms. The Kier molecular flexibility index (Phi) is 6.13. The van der Waals surface area contributed by atoms with Crippen LogP contribution < -0.4 is 5.56 Å². The average Bonchev–Trinajstić information content (AvgIpc) is 3.46. The van der Waals surface area contributed by atoms with Gasteiger partial charge in [-0.1, -0.05) is 24.3 Å². The second-order valence-electron chi connectivity index (χ2n) is 8.64. The number of hydrogen-bond donors (Lipinski definition) is 1. The number of carboxylic acid groups (broad SMARTS) is 1. The molecular weight excluding hydrogens is 465 g/mol. The Balaban J connectivity index is 1.76.